The number of aromatic nitrogens is 3. The van der Waals surface area contributed by atoms with Gasteiger partial charge in [0, 0.05) is 36.7 Å². The first-order chi connectivity index (χ1) is 17.4. The summed E-state index contributed by atoms with van der Waals surface area (Å²) in [5.41, 5.74) is 2.36. The standard InChI is InChI=1S/C25H25N7O3S/c1-18-5-7-19(8-6-18)24(33)27-16-17-29-25-28-15-13-23(31-25)30-20-9-11-21(12-10-20)36(34,35)32-22-4-2-3-14-26-22/h2-15H,16-17H2,1H3,(H,26,32)(H,27,33)(H2,28,29,30,31). The van der Waals surface area contributed by atoms with E-state index in [2.05, 4.69) is 35.6 Å². The lowest BCUT2D eigenvalue weighted by Crippen LogP contribution is -2.29. The molecule has 2 aromatic carbocycles. The molecular weight excluding hydrogens is 478 g/mol. The molecule has 184 valence electrons. The van der Waals surface area contributed by atoms with Crippen LogP contribution in [0, 0.1) is 6.92 Å². The molecule has 0 unspecified atom stereocenters. The van der Waals surface area contributed by atoms with Crippen LogP contribution in [0.5, 0.6) is 0 Å². The number of hydrogen-bond donors (Lipinski definition) is 4. The van der Waals surface area contributed by atoms with Crippen molar-refractivity contribution >= 4 is 39.2 Å². The first-order valence-electron chi connectivity index (χ1n) is 11.1. The van der Waals surface area contributed by atoms with Crippen LogP contribution in [0.3, 0.4) is 0 Å². The second kappa shape index (κ2) is 11.3. The van der Waals surface area contributed by atoms with Gasteiger partial charge in [0.05, 0.1) is 4.90 Å². The van der Waals surface area contributed by atoms with Gasteiger partial charge in [-0.3, -0.25) is 9.52 Å². The Labute approximate surface area is 209 Å². The summed E-state index contributed by atoms with van der Waals surface area (Å²) in [5, 5.41) is 9.03. The highest BCUT2D eigenvalue weighted by Gasteiger charge is 2.14. The van der Waals surface area contributed by atoms with E-state index in [-0.39, 0.29) is 16.6 Å². The van der Waals surface area contributed by atoms with Gasteiger partial charge < -0.3 is 16.0 Å². The van der Waals surface area contributed by atoms with Gasteiger partial charge in [-0.15, -0.1) is 0 Å². The predicted octanol–water partition coefficient (Wildman–Crippen LogP) is 3.57. The van der Waals surface area contributed by atoms with Gasteiger partial charge in [0.1, 0.15) is 11.6 Å². The maximum Gasteiger partial charge on any atom is 0.263 e. The molecule has 11 heteroatoms. The van der Waals surface area contributed by atoms with Crippen LogP contribution < -0.4 is 20.7 Å². The molecule has 0 fully saturated rings. The van der Waals surface area contributed by atoms with Crippen LogP contribution in [-0.4, -0.2) is 42.4 Å². The van der Waals surface area contributed by atoms with Crippen molar-refractivity contribution in [1.29, 1.82) is 0 Å². The fraction of sp³-hybridized carbons (Fsp3) is 0.120. The summed E-state index contributed by atoms with van der Waals surface area (Å²) in [6.07, 6.45) is 3.11. The Bertz CT molecular complexity index is 1410. The van der Waals surface area contributed by atoms with E-state index in [9.17, 15) is 13.2 Å². The van der Waals surface area contributed by atoms with E-state index in [0.29, 0.717) is 36.1 Å². The molecule has 2 heterocycles. The molecule has 2 aromatic heterocycles. The first-order valence-corrected chi connectivity index (χ1v) is 12.6. The lowest BCUT2D eigenvalue weighted by molar-refractivity contribution is 0.0955. The molecule has 0 bridgehead atoms. The van der Waals surface area contributed by atoms with Crippen LogP contribution >= 0.6 is 0 Å². The van der Waals surface area contributed by atoms with Crippen LogP contribution in [0.15, 0.2) is 90.1 Å². The second-order valence-corrected chi connectivity index (χ2v) is 9.47. The Hall–Kier alpha value is -4.51. The number of sulfonamides is 1. The average Bonchev–Trinajstić information content (AvgIpc) is 2.88. The third-order valence-corrected chi connectivity index (χ3v) is 6.37. The second-order valence-electron chi connectivity index (χ2n) is 7.78. The molecule has 0 saturated carbocycles. The lowest BCUT2D eigenvalue weighted by atomic mass is 10.1. The molecule has 4 N–H and O–H groups in total. The van der Waals surface area contributed by atoms with Gasteiger partial charge in [0.15, 0.2) is 0 Å². The molecule has 0 radical (unpaired) electrons. The molecular formula is C25H25N7O3S. The zero-order valence-corrected chi connectivity index (χ0v) is 20.3. The van der Waals surface area contributed by atoms with Crippen LogP contribution in [0.4, 0.5) is 23.3 Å². The van der Waals surface area contributed by atoms with Gasteiger partial charge in [-0.25, -0.2) is 18.4 Å². The Kier molecular flexibility index (Phi) is 7.71. The molecule has 0 atom stereocenters. The molecule has 0 aliphatic rings. The highest BCUT2D eigenvalue weighted by atomic mass is 32.2. The summed E-state index contributed by atoms with van der Waals surface area (Å²) in [7, 11) is -3.75. The molecule has 4 aromatic rings. The van der Waals surface area contributed by atoms with Crippen LogP contribution in [-0.2, 0) is 10.0 Å². The zero-order chi connectivity index (χ0) is 25.4. The highest BCUT2D eigenvalue weighted by Crippen LogP contribution is 2.20. The number of anilines is 4. The molecule has 36 heavy (non-hydrogen) atoms. The number of pyridine rings is 1. The molecule has 0 spiro atoms. The van der Waals surface area contributed by atoms with Gasteiger partial charge in [-0.1, -0.05) is 23.8 Å². The maximum absolute atomic E-state index is 12.6. The number of nitrogens with zero attached hydrogens (tertiary/aromatic N) is 3. The van der Waals surface area contributed by atoms with E-state index in [1.54, 1.807) is 54.7 Å². The van der Waals surface area contributed by atoms with E-state index in [1.807, 2.05) is 19.1 Å². The van der Waals surface area contributed by atoms with Gasteiger partial charge in [-0.05, 0) is 61.5 Å². The third-order valence-electron chi connectivity index (χ3n) is 5.00. The maximum atomic E-state index is 12.6. The van der Waals surface area contributed by atoms with E-state index in [0.717, 1.165) is 5.56 Å². The fourth-order valence-corrected chi connectivity index (χ4v) is 4.16. The number of rotatable bonds is 10. The summed E-state index contributed by atoms with van der Waals surface area (Å²) >= 11 is 0. The van der Waals surface area contributed by atoms with Crippen LogP contribution in [0.25, 0.3) is 0 Å². The zero-order valence-electron chi connectivity index (χ0n) is 19.5. The Morgan fingerprint density at radius 3 is 2.33 bits per heavy atom. The number of hydrogen-bond acceptors (Lipinski definition) is 8. The molecule has 4 rings (SSSR count). The molecule has 0 aliphatic carbocycles. The lowest BCUT2D eigenvalue weighted by Gasteiger charge is -2.10. The third kappa shape index (κ3) is 6.76. The van der Waals surface area contributed by atoms with Crippen molar-refractivity contribution in [2.45, 2.75) is 11.8 Å². The molecule has 10 nitrogen and oxygen atoms in total. The summed E-state index contributed by atoms with van der Waals surface area (Å²) in [4.78, 5) is 24.8. The van der Waals surface area contributed by atoms with Crippen molar-refractivity contribution in [1.82, 2.24) is 20.3 Å². The normalized spacial score (nSPS) is 10.9. The topological polar surface area (TPSA) is 138 Å². The predicted molar refractivity (Wildman–Crippen MR) is 139 cm³/mol. The monoisotopic (exact) mass is 503 g/mol. The highest BCUT2D eigenvalue weighted by molar-refractivity contribution is 7.92. The molecule has 0 aliphatic heterocycles. The SMILES string of the molecule is Cc1ccc(C(=O)NCCNc2nccc(Nc3ccc(S(=O)(=O)Nc4ccccn4)cc3)n2)cc1. The summed E-state index contributed by atoms with van der Waals surface area (Å²) in [5.74, 6) is 1.02. The quantitative estimate of drug-likeness (QED) is 0.241. The summed E-state index contributed by atoms with van der Waals surface area (Å²) in [6, 6.07) is 20.3. The number of nitrogens with one attached hydrogen (secondary N) is 4. The Morgan fingerprint density at radius 1 is 0.833 bits per heavy atom. The van der Waals surface area contributed by atoms with Crippen LogP contribution in [0.1, 0.15) is 15.9 Å². The van der Waals surface area contributed by atoms with Crippen molar-refractivity contribution < 1.29 is 13.2 Å². The first kappa shape index (κ1) is 24.6. The van der Waals surface area contributed by atoms with E-state index in [1.165, 1.54) is 18.3 Å². The van der Waals surface area contributed by atoms with Gasteiger partial charge in [0.2, 0.25) is 5.95 Å². The van der Waals surface area contributed by atoms with Crippen molar-refractivity contribution in [3.8, 4) is 0 Å². The summed E-state index contributed by atoms with van der Waals surface area (Å²) < 4.78 is 27.5. The van der Waals surface area contributed by atoms with Gasteiger partial charge >= 0.3 is 0 Å². The van der Waals surface area contributed by atoms with Gasteiger partial charge in [-0.2, -0.15) is 4.98 Å². The minimum absolute atomic E-state index is 0.108. The number of aryl methyl sites for hydroxylation is 1. The minimum Gasteiger partial charge on any atom is -0.352 e. The van der Waals surface area contributed by atoms with Crippen molar-refractivity contribution in [3.05, 3.63) is 96.3 Å². The average molecular weight is 504 g/mol. The van der Waals surface area contributed by atoms with E-state index >= 15 is 0 Å². The largest absolute Gasteiger partial charge is 0.352 e. The summed E-state index contributed by atoms with van der Waals surface area (Å²) in [6.45, 7) is 2.81. The Morgan fingerprint density at radius 2 is 1.61 bits per heavy atom. The minimum atomic E-state index is -3.75. The Balaban J connectivity index is 1.29. The van der Waals surface area contributed by atoms with Crippen molar-refractivity contribution in [3.63, 3.8) is 0 Å². The van der Waals surface area contributed by atoms with Crippen LogP contribution in [0.2, 0.25) is 0 Å². The van der Waals surface area contributed by atoms with E-state index in [4.69, 9.17) is 0 Å². The number of carbonyl (C=O) groups is 1. The van der Waals surface area contributed by atoms with Gasteiger partial charge in [0.25, 0.3) is 15.9 Å². The molecule has 0 saturated heterocycles. The number of carbonyl (C=O) groups excluding carboxylic acids is 1. The number of benzene rings is 2. The fourth-order valence-electron chi connectivity index (χ4n) is 3.16. The van der Waals surface area contributed by atoms with Crippen molar-refractivity contribution in [2.24, 2.45) is 0 Å². The number of amides is 1. The smallest absolute Gasteiger partial charge is 0.263 e. The molecule has 1 amide bonds. The van der Waals surface area contributed by atoms with Crippen molar-refractivity contribution in [2.75, 3.05) is 28.4 Å². The van der Waals surface area contributed by atoms with E-state index < -0.39 is 10.0 Å².